The quantitative estimate of drug-likeness (QED) is 0.388. The lowest BCUT2D eigenvalue weighted by Crippen LogP contribution is -2.37. The molecule has 0 bridgehead atoms. The lowest BCUT2D eigenvalue weighted by molar-refractivity contribution is 0.0133. The molecule has 1 saturated heterocycles. The van der Waals surface area contributed by atoms with Crippen molar-refractivity contribution in [3.05, 3.63) is 11.4 Å². The van der Waals surface area contributed by atoms with Gasteiger partial charge in [-0.3, -0.25) is 9.11 Å². The summed E-state index contributed by atoms with van der Waals surface area (Å²) in [4.78, 5) is 2.14. The lowest BCUT2D eigenvalue weighted by Gasteiger charge is -2.25. The molecule has 11 heteroatoms. The van der Waals surface area contributed by atoms with E-state index in [1.54, 1.807) is 4.68 Å². The average Bonchev–Trinajstić information content (AvgIpc) is 3.16. The monoisotopic (exact) mass is 451 g/mol. The molecule has 0 unspecified atom stereocenters. The number of rotatable bonds is 15. The van der Waals surface area contributed by atoms with Crippen molar-refractivity contribution in [1.82, 2.24) is 25.2 Å². The van der Waals surface area contributed by atoms with Gasteiger partial charge in [-0.2, -0.15) is 0 Å². The van der Waals surface area contributed by atoms with Gasteiger partial charge in [0.25, 0.3) is 0 Å². The van der Waals surface area contributed by atoms with E-state index in [0.29, 0.717) is 75.6 Å². The summed E-state index contributed by atoms with van der Waals surface area (Å²) >= 11 is 0. The Labute approximate surface area is 182 Å². The van der Waals surface area contributed by atoms with E-state index in [2.05, 4.69) is 20.5 Å². The van der Waals surface area contributed by atoms with Crippen molar-refractivity contribution in [3.8, 4) is 0 Å². The molecule has 0 spiro atoms. The Bertz CT molecular complexity index is 569. The van der Waals surface area contributed by atoms with Crippen LogP contribution in [0.15, 0.2) is 0 Å². The summed E-state index contributed by atoms with van der Waals surface area (Å²) in [6, 6.07) is 0. The summed E-state index contributed by atoms with van der Waals surface area (Å²) in [6.07, 6.45) is 0. The largest absolute Gasteiger partial charge is 0.378 e. The van der Waals surface area contributed by atoms with E-state index in [-0.39, 0.29) is 0 Å². The van der Waals surface area contributed by atoms with Crippen LogP contribution in [-0.4, -0.2) is 102 Å². The topological polar surface area (TPSA) is 90.7 Å². The zero-order chi connectivity index (χ0) is 22.0. The summed E-state index contributed by atoms with van der Waals surface area (Å²) in [5.41, 5.74) is 1.14. The predicted molar refractivity (Wildman–Crippen MR) is 116 cm³/mol. The van der Waals surface area contributed by atoms with Gasteiger partial charge >= 0.3 is 0 Å². The van der Waals surface area contributed by atoms with Gasteiger partial charge in [-0.1, -0.05) is 19.1 Å². The van der Waals surface area contributed by atoms with E-state index in [0.717, 1.165) is 19.6 Å². The van der Waals surface area contributed by atoms with Gasteiger partial charge < -0.3 is 19.5 Å². The Morgan fingerprint density at radius 1 is 1.03 bits per heavy atom. The Hall–Kier alpha value is -0.980. The maximum Gasteiger partial charge on any atom is 0.133 e. The van der Waals surface area contributed by atoms with Crippen molar-refractivity contribution in [3.63, 3.8) is 0 Å². The molecule has 9 nitrogen and oxygen atoms in total. The van der Waals surface area contributed by atoms with Crippen LogP contribution in [0.1, 0.15) is 25.2 Å². The predicted octanol–water partition coefficient (Wildman–Crippen LogP) is 0.607. The Morgan fingerprint density at radius 3 is 2.23 bits per heavy atom. The van der Waals surface area contributed by atoms with Crippen LogP contribution in [0, 0.1) is 0 Å². The molecule has 1 aromatic rings. The number of nitrogens with one attached hydrogen (secondary N) is 1. The molecule has 0 atom stereocenters. The molecule has 0 aromatic carbocycles. The molecule has 1 aliphatic rings. The highest BCUT2D eigenvalue weighted by molar-refractivity contribution is 7.85. The minimum atomic E-state index is -0.725. The van der Waals surface area contributed by atoms with Gasteiger partial charge in [0.1, 0.15) is 12.4 Å². The van der Waals surface area contributed by atoms with Gasteiger partial charge in [0.15, 0.2) is 0 Å². The van der Waals surface area contributed by atoms with Crippen molar-refractivity contribution in [2.24, 2.45) is 0 Å². The lowest BCUT2D eigenvalue weighted by atomic mass is 10.3. The van der Waals surface area contributed by atoms with Gasteiger partial charge in [-0.25, -0.2) is 9.07 Å². The molecule has 2 rings (SSSR count). The van der Waals surface area contributed by atoms with Crippen LogP contribution in [-0.2, 0) is 44.8 Å². The van der Waals surface area contributed by atoms with Crippen molar-refractivity contribution in [1.29, 1.82) is 0 Å². The van der Waals surface area contributed by atoms with Crippen molar-refractivity contribution < 1.29 is 22.8 Å². The number of aromatic nitrogens is 3. The van der Waals surface area contributed by atoms with Crippen LogP contribution in [0.2, 0.25) is 0 Å². The van der Waals surface area contributed by atoms with Crippen LogP contribution in [0.3, 0.4) is 0 Å². The van der Waals surface area contributed by atoms with E-state index < -0.39 is 17.5 Å². The number of hydrogen-bond acceptors (Lipinski definition) is 8. The number of nitrogens with zero attached hydrogens (tertiary/aromatic N) is 4. The second-order valence-electron chi connectivity index (χ2n) is 6.40. The van der Waals surface area contributed by atoms with Crippen LogP contribution in [0.4, 0.5) is 4.39 Å². The van der Waals surface area contributed by atoms with E-state index in [1.807, 2.05) is 20.9 Å². The first-order valence-corrected chi connectivity index (χ1v) is 12.2. The van der Waals surface area contributed by atoms with Gasteiger partial charge in [0, 0.05) is 48.5 Å². The molecular weight excluding hydrogens is 413 g/mol. The average molecular weight is 452 g/mol. The second kappa shape index (κ2) is 17.7. The zero-order valence-electron chi connectivity index (χ0n) is 18.6. The van der Waals surface area contributed by atoms with Gasteiger partial charge in [-0.05, 0) is 7.05 Å². The fourth-order valence-electron chi connectivity index (χ4n) is 2.73. The minimum Gasteiger partial charge on any atom is -0.378 e. The Kier molecular flexibility index (Phi) is 15.9. The molecule has 0 radical (unpaired) electrons. The molecule has 1 N–H and O–H groups in total. The van der Waals surface area contributed by atoms with Gasteiger partial charge in [0.05, 0.1) is 51.9 Å². The fourth-order valence-corrected chi connectivity index (χ4v) is 3.86. The molecule has 1 aliphatic heterocycles. The second-order valence-corrected chi connectivity index (χ2v) is 8.10. The molecule has 2 heterocycles. The standard InChI is InChI=1S/C17H32FN5O4S.C2H6/c1-19-2-6-25-8-10-27-11-9-26-7-3-23-17(14-18)16(20-21-23)15-22-4-12-28(24)13-5-22;1-2/h19H,2-15H2,1H3;1-2H3. The van der Waals surface area contributed by atoms with Gasteiger partial charge in [0.2, 0.25) is 0 Å². The summed E-state index contributed by atoms with van der Waals surface area (Å²) in [7, 11) is 1.16. The third-order valence-electron chi connectivity index (χ3n) is 4.38. The molecule has 0 saturated carbocycles. The minimum absolute atomic E-state index is 0.417. The van der Waals surface area contributed by atoms with Crippen LogP contribution < -0.4 is 5.32 Å². The maximum absolute atomic E-state index is 13.5. The summed E-state index contributed by atoms with van der Waals surface area (Å²) in [5.74, 6) is 1.33. The van der Waals surface area contributed by atoms with Crippen molar-refractivity contribution in [2.45, 2.75) is 33.6 Å². The number of alkyl halides is 1. The molecule has 0 amide bonds. The molecule has 176 valence electrons. The van der Waals surface area contributed by atoms with E-state index in [1.165, 1.54) is 0 Å². The molecule has 1 fully saturated rings. The SMILES string of the molecule is CC.CNCCOCCOCCOCCn1nnc(CN2CCS(=O)CC2)c1CF. The zero-order valence-corrected chi connectivity index (χ0v) is 19.4. The number of ether oxygens (including phenoxy) is 3. The van der Waals surface area contributed by atoms with E-state index in [4.69, 9.17) is 14.2 Å². The highest BCUT2D eigenvalue weighted by Crippen LogP contribution is 2.12. The Morgan fingerprint density at radius 2 is 1.63 bits per heavy atom. The molecular formula is C19H38FN5O4S. The molecule has 30 heavy (non-hydrogen) atoms. The highest BCUT2D eigenvalue weighted by Gasteiger charge is 2.19. The van der Waals surface area contributed by atoms with Crippen molar-refractivity contribution >= 4 is 10.8 Å². The highest BCUT2D eigenvalue weighted by atomic mass is 32.2. The van der Waals surface area contributed by atoms with E-state index >= 15 is 0 Å². The first-order valence-electron chi connectivity index (χ1n) is 10.7. The normalized spacial score (nSPS) is 15.2. The summed E-state index contributed by atoms with van der Waals surface area (Å²) < 4.78 is 42.8. The first-order chi connectivity index (χ1) is 14.7. The summed E-state index contributed by atoms with van der Waals surface area (Å²) in [6.45, 7) is 9.84. The third kappa shape index (κ3) is 10.9. The number of hydrogen-bond donors (Lipinski definition) is 1. The molecule has 0 aliphatic carbocycles. The summed E-state index contributed by atoms with van der Waals surface area (Å²) in [5, 5.41) is 11.2. The third-order valence-corrected chi connectivity index (χ3v) is 5.65. The van der Waals surface area contributed by atoms with Crippen LogP contribution in [0.5, 0.6) is 0 Å². The van der Waals surface area contributed by atoms with E-state index in [9.17, 15) is 8.60 Å². The fraction of sp³-hybridized carbons (Fsp3) is 0.895. The number of halogens is 1. The maximum atomic E-state index is 13.5. The van der Waals surface area contributed by atoms with Gasteiger partial charge in [-0.15, -0.1) is 5.10 Å². The van der Waals surface area contributed by atoms with Crippen molar-refractivity contribution in [2.75, 3.05) is 77.8 Å². The van der Waals surface area contributed by atoms with Crippen LogP contribution >= 0.6 is 0 Å². The molecule has 1 aromatic heterocycles. The first kappa shape index (κ1) is 27.1. The van der Waals surface area contributed by atoms with Crippen LogP contribution in [0.25, 0.3) is 0 Å². The Balaban J connectivity index is 0.00000218. The number of likely N-dealkylation sites (N-methyl/N-ethyl adjacent to an activating group) is 1. The smallest absolute Gasteiger partial charge is 0.133 e.